The fraction of sp³-hybridized carbons (Fsp3) is 0.200. The van der Waals surface area contributed by atoms with E-state index in [-0.39, 0.29) is 0 Å². The Morgan fingerprint density at radius 3 is 2.54 bits per heavy atom. The molecule has 3 rings (SSSR count). The minimum absolute atomic E-state index is 0.682. The SMILES string of the molecule is CCc1ccc(/C=N\Nc2nc(-c3ccc(OC)c(OC)c3)cs2)cc1. The molecule has 0 aliphatic carbocycles. The van der Waals surface area contributed by atoms with E-state index in [1.165, 1.54) is 16.9 Å². The quantitative estimate of drug-likeness (QED) is 0.480. The molecule has 0 atom stereocenters. The van der Waals surface area contributed by atoms with Gasteiger partial charge in [0.25, 0.3) is 0 Å². The highest BCUT2D eigenvalue weighted by Gasteiger charge is 2.09. The lowest BCUT2D eigenvalue weighted by molar-refractivity contribution is 0.355. The smallest absolute Gasteiger partial charge is 0.203 e. The van der Waals surface area contributed by atoms with Crippen molar-refractivity contribution in [2.45, 2.75) is 13.3 Å². The van der Waals surface area contributed by atoms with E-state index in [0.717, 1.165) is 28.4 Å². The Bertz CT molecular complexity index is 888. The van der Waals surface area contributed by atoms with E-state index in [1.54, 1.807) is 20.4 Å². The summed E-state index contributed by atoms with van der Waals surface area (Å²) >= 11 is 1.50. The molecule has 0 aliphatic rings. The van der Waals surface area contributed by atoms with Gasteiger partial charge < -0.3 is 9.47 Å². The molecule has 0 radical (unpaired) electrons. The first-order valence-corrected chi connectivity index (χ1v) is 9.17. The first-order valence-electron chi connectivity index (χ1n) is 8.29. The van der Waals surface area contributed by atoms with Crippen LogP contribution in [-0.2, 0) is 6.42 Å². The predicted molar refractivity (Wildman–Crippen MR) is 108 cm³/mol. The van der Waals surface area contributed by atoms with E-state index in [9.17, 15) is 0 Å². The van der Waals surface area contributed by atoms with Gasteiger partial charge in [-0.2, -0.15) is 5.10 Å². The molecule has 0 aliphatic heterocycles. The molecule has 5 nitrogen and oxygen atoms in total. The van der Waals surface area contributed by atoms with Crippen LogP contribution in [0.15, 0.2) is 52.9 Å². The van der Waals surface area contributed by atoms with Crippen LogP contribution < -0.4 is 14.9 Å². The summed E-state index contributed by atoms with van der Waals surface area (Å²) in [4.78, 5) is 4.57. The third kappa shape index (κ3) is 4.21. The number of anilines is 1. The number of methoxy groups -OCH3 is 2. The number of aryl methyl sites for hydroxylation is 1. The van der Waals surface area contributed by atoms with Gasteiger partial charge in [0.2, 0.25) is 5.13 Å². The summed E-state index contributed by atoms with van der Waals surface area (Å²) in [6, 6.07) is 14.1. The number of hydrogen-bond acceptors (Lipinski definition) is 6. The molecule has 0 spiro atoms. The largest absolute Gasteiger partial charge is 0.493 e. The highest BCUT2D eigenvalue weighted by atomic mass is 32.1. The highest BCUT2D eigenvalue weighted by molar-refractivity contribution is 7.14. The highest BCUT2D eigenvalue weighted by Crippen LogP contribution is 2.33. The van der Waals surface area contributed by atoms with Crippen LogP contribution in [0.3, 0.4) is 0 Å². The van der Waals surface area contributed by atoms with Gasteiger partial charge in [0.1, 0.15) is 0 Å². The second-order valence-corrected chi connectivity index (χ2v) is 6.43. The lowest BCUT2D eigenvalue weighted by Gasteiger charge is -2.08. The molecule has 0 saturated heterocycles. The third-order valence-electron chi connectivity index (χ3n) is 3.95. The van der Waals surface area contributed by atoms with Gasteiger partial charge in [0, 0.05) is 10.9 Å². The van der Waals surface area contributed by atoms with Crippen LogP contribution in [0.1, 0.15) is 18.1 Å². The fourth-order valence-electron chi connectivity index (χ4n) is 2.45. The topological polar surface area (TPSA) is 55.7 Å². The number of rotatable bonds is 7. The number of thiazole rings is 1. The standard InChI is InChI=1S/C20H21N3O2S/c1-4-14-5-7-15(8-6-14)12-21-23-20-22-17(13-26-20)16-9-10-18(24-2)19(11-16)25-3/h5-13H,4H2,1-3H3,(H,22,23)/b21-12-. The van der Waals surface area contributed by atoms with E-state index in [0.29, 0.717) is 11.5 Å². The van der Waals surface area contributed by atoms with Crippen LogP contribution >= 0.6 is 11.3 Å². The number of benzene rings is 2. The molecule has 134 valence electrons. The summed E-state index contributed by atoms with van der Waals surface area (Å²) < 4.78 is 10.6. The molecule has 0 saturated carbocycles. The molecule has 1 aromatic heterocycles. The molecule has 1 heterocycles. The normalized spacial score (nSPS) is 10.9. The molecule has 0 fully saturated rings. The van der Waals surface area contributed by atoms with E-state index < -0.39 is 0 Å². The molecule has 0 bridgehead atoms. The van der Waals surface area contributed by atoms with Gasteiger partial charge in [-0.3, -0.25) is 5.43 Å². The van der Waals surface area contributed by atoms with Crippen molar-refractivity contribution in [2.24, 2.45) is 5.10 Å². The Kier molecular flexibility index (Phi) is 5.86. The van der Waals surface area contributed by atoms with Gasteiger partial charge in [0.05, 0.1) is 26.1 Å². The van der Waals surface area contributed by atoms with Crippen LogP contribution in [0.25, 0.3) is 11.3 Å². The first-order chi connectivity index (χ1) is 12.7. The zero-order valence-electron chi connectivity index (χ0n) is 15.0. The van der Waals surface area contributed by atoms with Crippen molar-refractivity contribution >= 4 is 22.7 Å². The van der Waals surface area contributed by atoms with Crippen molar-refractivity contribution in [3.8, 4) is 22.8 Å². The molecule has 0 amide bonds. The van der Waals surface area contributed by atoms with Crippen molar-refractivity contribution in [1.82, 2.24) is 4.98 Å². The summed E-state index contributed by atoms with van der Waals surface area (Å²) in [5.74, 6) is 1.38. The number of nitrogens with zero attached hydrogens (tertiary/aromatic N) is 2. The summed E-state index contributed by atoms with van der Waals surface area (Å²) in [5, 5.41) is 6.98. The Morgan fingerprint density at radius 2 is 1.85 bits per heavy atom. The van der Waals surface area contributed by atoms with Crippen molar-refractivity contribution < 1.29 is 9.47 Å². The maximum absolute atomic E-state index is 5.35. The molecule has 1 N–H and O–H groups in total. The second-order valence-electron chi connectivity index (χ2n) is 5.57. The average molecular weight is 367 g/mol. The van der Waals surface area contributed by atoms with Crippen molar-refractivity contribution in [2.75, 3.05) is 19.6 Å². The lowest BCUT2D eigenvalue weighted by atomic mass is 10.1. The molecule has 0 unspecified atom stereocenters. The van der Waals surface area contributed by atoms with Crippen LogP contribution in [0.4, 0.5) is 5.13 Å². The molecule has 2 aromatic carbocycles. The first kappa shape index (κ1) is 17.9. The van der Waals surface area contributed by atoms with Crippen LogP contribution in [0.5, 0.6) is 11.5 Å². The molecular weight excluding hydrogens is 346 g/mol. The number of hydrogen-bond donors (Lipinski definition) is 1. The van der Waals surface area contributed by atoms with Crippen LogP contribution in [0.2, 0.25) is 0 Å². The molecule has 6 heteroatoms. The summed E-state index contributed by atoms with van der Waals surface area (Å²) in [5.41, 5.74) is 7.17. The van der Waals surface area contributed by atoms with E-state index in [1.807, 2.05) is 23.6 Å². The second kappa shape index (κ2) is 8.49. The lowest BCUT2D eigenvalue weighted by Crippen LogP contribution is -1.92. The Hall–Kier alpha value is -2.86. The molecular formula is C20H21N3O2S. The average Bonchev–Trinajstić information content (AvgIpc) is 3.17. The minimum atomic E-state index is 0.682. The zero-order valence-corrected chi connectivity index (χ0v) is 15.8. The van der Waals surface area contributed by atoms with Crippen molar-refractivity contribution in [1.29, 1.82) is 0 Å². The monoisotopic (exact) mass is 367 g/mol. The summed E-state index contributed by atoms with van der Waals surface area (Å²) in [7, 11) is 3.24. The number of nitrogens with one attached hydrogen (secondary N) is 1. The fourth-order valence-corrected chi connectivity index (χ4v) is 3.12. The van der Waals surface area contributed by atoms with Crippen LogP contribution in [-0.4, -0.2) is 25.4 Å². The van der Waals surface area contributed by atoms with Gasteiger partial charge in [-0.05, 0) is 35.7 Å². The van der Waals surface area contributed by atoms with Crippen LogP contribution in [0, 0.1) is 0 Å². The Labute approximate surface area is 157 Å². The zero-order chi connectivity index (χ0) is 18.4. The van der Waals surface area contributed by atoms with Crippen molar-refractivity contribution in [3.63, 3.8) is 0 Å². The van der Waals surface area contributed by atoms with Gasteiger partial charge in [-0.25, -0.2) is 4.98 Å². The number of aromatic nitrogens is 1. The Morgan fingerprint density at radius 1 is 1.08 bits per heavy atom. The van der Waals surface area contributed by atoms with Gasteiger partial charge >= 0.3 is 0 Å². The van der Waals surface area contributed by atoms with E-state index in [4.69, 9.17) is 9.47 Å². The van der Waals surface area contributed by atoms with Gasteiger partial charge in [-0.15, -0.1) is 11.3 Å². The Balaban J connectivity index is 1.68. The van der Waals surface area contributed by atoms with Gasteiger partial charge in [0.15, 0.2) is 11.5 Å². The number of ether oxygens (including phenoxy) is 2. The molecule has 26 heavy (non-hydrogen) atoms. The predicted octanol–water partition coefficient (Wildman–Crippen LogP) is 4.84. The summed E-state index contributed by atoms with van der Waals surface area (Å²) in [6.45, 7) is 2.14. The van der Waals surface area contributed by atoms with E-state index >= 15 is 0 Å². The summed E-state index contributed by atoms with van der Waals surface area (Å²) in [6.07, 6.45) is 2.82. The molecule has 3 aromatic rings. The minimum Gasteiger partial charge on any atom is -0.493 e. The third-order valence-corrected chi connectivity index (χ3v) is 4.69. The number of hydrazone groups is 1. The van der Waals surface area contributed by atoms with Crippen molar-refractivity contribution in [3.05, 3.63) is 59.0 Å². The van der Waals surface area contributed by atoms with E-state index in [2.05, 4.69) is 46.7 Å². The maximum atomic E-state index is 5.35. The van der Waals surface area contributed by atoms with Gasteiger partial charge in [-0.1, -0.05) is 31.2 Å². The maximum Gasteiger partial charge on any atom is 0.203 e.